The number of nitrogens with one attached hydrogen (secondary N) is 2. The molecule has 1 heterocycles. The molecule has 2 aromatic rings. The molecule has 0 saturated heterocycles. The van der Waals surface area contributed by atoms with Gasteiger partial charge in [0.15, 0.2) is 0 Å². The fourth-order valence-electron chi connectivity index (χ4n) is 2.79. The predicted molar refractivity (Wildman–Crippen MR) is 96.5 cm³/mol. The van der Waals surface area contributed by atoms with Crippen LogP contribution in [0.1, 0.15) is 24.0 Å². The highest BCUT2D eigenvalue weighted by molar-refractivity contribution is 5.34. The van der Waals surface area contributed by atoms with Crippen molar-refractivity contribution < 1.29 is 9.47 Å². The van der Waals surface area contributed by atoms with E-state index in [1.807, 2.05) is 24.3 Å². The molecule has 128 valence electrons. The van der Waals surface area contributed by atoms with E-state index in [0.29, 0.717) is 0 Å². The smallest absolute Gasteiger partial charge is 0.123 e. The molecule has 0 atom stereocenters. The molecular formula is C20H26N2O2. The van der Waals surface area contributed by atoms with Crippen molar-refractivity contribution in [2.24, 2.45) is 0 Å². The first-order valence-electron chi connectivity index (χ1n) is 8.76. The molecule has 1 aliphatic heterocycles. The molecule has 0 saturated carbocycles. The molecule has 0 aliphatic carbocycles. The van der Waals surface area contributed by atoms with Crippen LogP contribution in [0, 0.1) is 0 Å². The van der Waals surface area contributed by atoms with Gasteiger partial charge in [-0.15, -0.1) is 0 Å². The highest BCUT2D eigenvalue weighted by Gasteiger charge is 2.05. The van der Waals surface area contributed by atoms with Gasteiger partial charge in [0, 0.05) is 24.2 Å². The van der Waals surface area contributed by atoms with E-state index in [0.717, 1.165) is 63.7 Å². The van der Waals surface area contributed by atoms with Gasteiger partial charge in [0.1, 0.15) is 11.5 Å². The summed E-state index contributed by atoms with van der Waals surface area (Å²) in [5, 5.41) is 6.95. The minimum atomic E-state index is 0.724. The second-order valence-electron chi connectivity index (χ2n) is 5.97. The normalized spacial score (nSPS) is 17.0. The van der Waals surface area contributed by atoms with Crippen LogP contribution in [0.5, 0.6) is 11.5 Å². The van der Waals surface area contributed by atoms with E-state index in [1.165, 1.54) is 11.1 Å². The van der Waals surface area contributed by atoms with E-state index in [2.05, 4.69) is 34.9 Å². The van der Waals surface area contributed by atoms with Gasteiger partial charge in [-0.05, 0) is 38.1 Å². The fraction of sp³-hybridized carbons (Fsp3) is 0.400. The van der Waals surface area contributed by atoms with Gasteiger partial charge >= 0.3 is 0 Å². The highest BCUT2D eigenvalue weighted by Crippen LogP contribution is 2.19. The second kappa shape index (κ2) is 9.30. The quantitative estimate of drug-likeness (QED) is 0.781. The number of hydrogen-bond donors (Lipinski definition) is 2. The van der Waals surface area contributed by atoms with Crippen LogP contribution in [0.4, 0.5) is 0 Å². The lowest BCUT2D eigenvalue weighted by molar-refractivity contribution is 0.295. The highest BCUT2D eigenvalue weighted by atomic mass is 16.5. The van der Waals surface area contributed by atoms with Gasteiger partial charge in [0.2, 0.25) is 0 Å². The Morgan fingerprint density at radius 1 is 0.625 bits per heavy atom. The van der Waals surface area contributed by atoms with Gasteiger partial charge in [-0.3, -0.25) is 0 Å². The fourth-order valence-corrected chi connectivity index (χ4v) is 2.79. The van der Waals surface area contributed by atoms with Crippen molar-refractivity contribution in [3.63, 3.8) is 0 Å². The molecule has 2 aromatic carbocycles. The van der Waals surface area contributed by atoms with Crippen LogP contribution in [-0.2, 0) is 13.1 Å². The van der Waals surface area contributed by atoms with Crippen LogP contribution in [0.2, 0.25) is 0 Å². The maximum absolute atomic E-state index is 5.95. The molecule has 1 aliphatic rings. The van der Waals surface area contributed by atoms with Crippen molar-refractivity contribution >= 4 is 0 Å². The van der Waals surface area contributed by atoms with Gasteiger partial charge in [-0.25, -0.2) is 0 Å². The van der Waals surface area contributed by atoms with Gasteiger partial charge in [-0.2, -0.15) is 0 Å². The van der Waals surface area contributed by atoms with E-state index < -0.39 is 0 Å². The average molecular weight is 326 g/mol. The zero-order valence-electron chi connectivity index (χ0n) is 14.1. The van der Waals surface area contributed by atoms with Crippen LogP contribution in [0.15, 0.2) is 48.5 Å². The third kappa shape index (κ3) is 4.98. The lowest BCUT2D eigenvalue weighted by Crippen LogP contribution is -2.20. The molecule has 24 heavy (non-hydrogen) atoms. The Morgan fingerprint density at radius 3 is 1.58 bits per heavy atom. The van der Waals surface area contributed by atoms with Crippen molar-refractivity contribution in [2.45, 2.75) is 25.9 Å². The third-order valence-corrected chi connectivity index (χ3v) is 4.09. The Labute approximate surface area is 144 Å². The maximum atomic E-state index is 5.95. The van der Waals surface area contributed by atoms with Crippen LogP contribution >= 0.6 is 0 Å². The number of rotatable bonds is 0. The Kier molecular flexibility index (Phi) is 6.51. The number of para-hydroxylation sites is 2. The molecular weight excluding hydrogens is 300 g/mol. The van der Waals surface area contributed by atoms with Crippen LogP contribution in [-0.4, -0.2) is 26.3 Å². The van der Waals surface area contributed by atoms with E-state index in [1.54, 1.807) is 0 Å². The summed E-state index contributed by atoms with van der Waals surface area (Å²) in [6.07, 6.45) is 1.95. The van der Waals surface area contributed by atoms with Crippen LogP contribution in [0.25, 0.3) is 0 Å². The summed E-state index contributed by atoms with van der Waals surface area (Å²) in [4.78, 5) is 0. The van der Waals surface area contributed by atoms with Crippen LogP contribution < -0.4 is 20.1 Å². The monoisotopic (exact) mass is 326 g/mol. The Morgan fingerprint density at radius 2 is 1.08 bits per heavy atom. The third-order valence-electron chi connectivity index (χ3n) is 4.09. The summed E-state index contributed by atoms with van der Waals surface area (Å²) in [6, 6.07) is 16.5. The number of ether oxygens (including phenoxy) is 2. The van der Waals surface area contributed by atoms with Crippen molar-refractivity contribution in [1.82, 2.24) is 10.6 Å². The van der Waals surface area contributed by atoms with Gasteiger partial charge in [0.05, 0.1) is 13.2 Å². The Balaban J connectivity index is 1.61. The molecule has 0 bridgehead atoms. The number of hydrogen-bond acceptors (Lipinski definition) is 4. The molecule has 3 rings (SSSR count). The molecule has 2 N–H and O–H groups in total. The van der Waals surface area contributed by atoms with E-state index in [9.17, 15) is 0 Å². The van der Waals surface area contributed by atoms with E-state index in [-0.39, 0.29) is 0 Å². The minimum Gasteiger partial charge on any atom is -0.493 e. The molecule has 0 radical (unpaired) electrons. The summed E-state index contributed by atoms with van der Waals surface area (Å²) in [6.45, 7) is 4.95. The summed E-state index contributed by atoms with van der Waals surface area (Å²) < 4.78 is 11.9. The van der Waals surface area contributed by atoms with Crippen molar-refractivity contribution in [1.29, 1.82) is 0 Å². The molecule has 0 spiro atoms. The van der Waals surface area contributed by atoms with Crippen molar-refractivity contribution in [3.8, 4) is 11.5 Å². The molecule has 0 fully saturated rings. The zero-order valence-corrected chi connectivity index (χ0v) is 14.1. The van der Waals surface area contributed by atoms with E-state index >= 15 is 0 Å². The molecule has 0 aromatic heterocycles. The lowest BCUT2D eigenvalue weighted by Gasteiger charge is -2.15. The number of fused-ring (bicyclic) bond motifs is 2. The summed E-state index contributed by atoms with van der Waals surface area (Å²) >= 11 is 0. The van der Waals surface area contributed by atoms with Crippen LogP contribution in [0.3, 0.4) is 0 Å². The van der Waals surface area contributed by atoms with Crippen molar-refractivity contribution in [2.75, 3.05) is 26.3 Å². The van der Waals surface area contributed by atoms with Gasteiger partial charge in [-0.1, -0.05) is 36.4 Å². The average Bonchev–Trinajstić information content (AvgIpc) is 2.62. The van der Waals surface area contributed by atoms with E-state index in [4.69, 9.17) is 9.47 Å². The number of benzene rings is 2. The topological polar surface area (TPSA) is 42.5 Å². The minimum absolute atomic E-state index is 0.724. The SMILES string of the molecule is c1ccc2c(c1)CNCCCOc1ccccc1CNCCCO2. The predicted octanol–water partition coefficient (Wildman–Crippen LogP) is 3.12. The zero-order chi connectivity index (χ0) is 16.5. The first kappa shape index (κ1) is 16.8. The maximum Gasteiger partial charge on any atom is 0.123 e. The first-order valence-corrected chi connectivity index (χ1v) is 8.76. The standard InChI is InChI=1S/C20H26N2O2/c1-3-9-19-17(7-1)15-21-11-5-14-24-20-10-4-2-8-18(20)16-22-12-6-13-23-19/h1-4,7-10,21-22H,5-6,11-16H2. The molecule has 4 heteroatoms. The largest absolute Gasteiger partial charge is 0.493 e. The summed E-state index contributed by atoms with van der Waals surface area (Å²) in [7, 11) is 0. The molecule has 0 amide bonds. The Hall–Kier alpha value is -2.04. The van der Waals surface area contributed by atoms with Gasteiger partial charge < -0.3 is 20.1 Å². The molecule has 0 unspecified atom stereocenters. The summed E-state index contributed by atoms with van der Waals surface area (Å²) in [5.74, 6) is 1.97. The molecule has 4 nitrogen and oxygen atoms in total. The lowest BCUT2D eigenvalue weighted by atomic mass is 10.2. The Bertz CT molecular complexity index is 521. The van der Waals surface area contributed by atoms with Gasteiger partial charge in [0.25, 0.3) is 0 Å². The first-order chi connectivity index (χ1) is 11.9. The second-order valence-corrected chi connectivity index (χ2v) is 5.97. The van der Waals surface area contributed by atoms with Crippen molar-refractivity contribution in [3.05, 3.63) is 59.7 Å². The summed E-state index contributed by atoms with van der Waals surface area (Å²) in [5.41, 5.74) is 2.42.